The first-order chi connectivity index (χ1) is 21.2. The summed E-state index contributed by atoms with van der Waals surface area (Å²) in [5.41, 5.74) is 1.18. The maximum atomic E-state index is 15.3. The smallest absolute Gasteiger partial charge is 0.407 e. The van der Waals surface area contributed by atoms with Crippen molar-refractivity contribution < 1.29 is 31.9 Å². The highest BCUT2D eigenvalue weighted by atomic mass is 35.5. The molecule has 5 atom stereocenters. The molecule has 5 rings (SSSR count). The standard InChI is InChI=1S/C30H39ClFN5O6S/c1-42-30(39)36-28(27(20-10-12-43-13-11-20)19-4-6-21(31)7-5-19)29(38)35-26-17-33-16-25(32)24(26)9-8-23-15-34-22-3-2-14-44(40,41)37(23)18-22/h4-7,16-17,20,22-23,27-28,34H,2-3,8-15,18H2,1H3,(H,35,38)(H,36,39)/t22-,23+,27+,28+/m1/s1. The second-order valence-electron chi connectivity index (χ2n) is 11.6. The maximum Gasteiger partial charge on any atom is 0.407 e. The summed E-state index contributed by atoms with van der Waals surface area (Å²) in [4.78, 5) is 30.5. The van der Waals surface area contributed by atoms with E-state index in [1.54, 1.807) is 16.4 Å². The summed E-state index contributed by atoms with van der Waals surface area (Å²) in [5.74, 6) is -1.55. The van der Waals surface area contributed by atoms with Crippen molar-refractivity contribution in [3.8, 4) is 0 Å². The Balaban J connectivity index is 1.40. The number of piperazine rings is 1. The van der Waals surface area contributed by atoms with Crippen LogP contribution in [0.1, 0.15) is 49.1 Å². The minimum atomic E-state index is -3.41. The molecule has 1 aromatic carbocycles. The third-order valence-corrected chi connectivity index (χ3v) is 11.1. The lowest BCUT2D eigenvalue weighted by molar-refractivity contribution is -0.119. The number of carbonyl (C=O) groups is 2. The molecule has 3 saturated heterocycles. The Bertz CT molecular complexity index is 1430. The van der Waals surface area contributed by atoms with Crippen LogP contribution in [0.4, 0.5) is 14.9 Å². The van der Waals surface area contributed by atoms with E-state index in [0.717, 1.165) is 18.2 Å². The number of fused-ring (bicyclic) bond motifs is 2. The Morgan fingerprint density at radius 3 is 2.68 bits per heavy atom. The number of benzene rings is 1. The largest absolute Gasteiger partial charge is 0.453 e. The Hall–Kier alpha value is -2.84. The molecule has 240 valence electrons. The zero-order valence-corrected chi connectivity index (χ0v) is 26.2. The van der Waals surface area contributed by atoms with Crippen LogP contribution < -0.4 is 16.0 Å². The number of hydrogen-bond acceptors (Lipinski definition) is 8. The number of anilines is 1. The van der Waals surface area contributed by atoms with Crippen LogP contribution >= 0.6 is 11.6 Å². The molecule has 1 aromatic heterocycles. The van der Waals surface area contributed by atoms with Crippen molar-refractivity contribution >= 4 is 39.3 Å². The fraction of sp³-hybridized carbons (Fsp3) is 0.567. The number of nitrogens with zero attached hydrogens (tertiary/aromatic N) is 2. The van der Waals surface area contributed by atoms with Gasteiger partial charge >= 0.3 is 6.09 Å². The topological polar surface area (TPSA) is 139 Å². The van der Waals surface area contributed by atoms with E-state index >= 15 is 4.39 Å². The van der Waals surface area contributed by atoms with Crippen LogP contribution in [-0.2, 0) is 30.7 Å². The number of ether oxygens (including phenoxy) is 2. The quantitative estimate of drug-likeness (QED) is 0.375. The van der Waals surface area contributed by atoms with Crippen molar-refractivity contribution in [3.63, 3.8) is 0 Å². The molecule has 44 heavy (non-hydrogen) atoms. The summed E-state index contributed by atoms with van der Waals surface area (Å²) in [6.07, 6.45) is 4.92. The van der Waals surface area contributed by atoms with Crippen LogP contribution in [0, 0.1) is 11.7 Å². The predicted molar refractivity (Wildman–Crippen MR) is 164 cm³/mol. The van der Waals surface area contributed by atoms with Crippen LogP contribution in [0.25, 0.3) is 0 Å². The van der Waals surface area contributed by atoms with Crippen molar-refractivity contribution in [2.24, 2.45) is 5.92 Å². The van der Waals surface area contributed by atoms with E-state index in [2.05, 4.69) is 20.9 Å². The number of nitrogens with one attached hydrogen (secondary N) is 3. The van der Waals surface area contributed by atoms with Crippen molar-refractivity contribution in [2.45, 2.75) is 62.6 Å². The van der Waals surface area contributed by atoms with Gasteiger partial charge in [0.15, 0.2) is 0 Å². The minimum absolute atomic E-state index is 0.0128. The van der Waals surface area contributed by atoms with Gasteiger partial charge in [0.05, 0.1) is 30.9 Å². The highest BCUT2D eigenvalue weighted by Crippen LogP contribution is 2.36. The molecule has 3 aliphatic heterocycles. The minimum Gasteiger partial charge on any atom is -0.453 e. The van der Waals surface area contributed by atoms with Crippen molar-refractivity contribution in [1.82, 2.24) is 19.9 Å². The first kappa shape index (κ1) is 32.6. The first-order valence-corrected chi connectivity index (χ1v) is 17.0. The zero-order valence-electron chi connectivity index (χ0n) is 24.6. The van der Waals surface area contributed by atoms with Crippen LogP contribution in [0.2, 0.25) is 5.02 Å². The number of aromatic nitrogens is 1. The SMILES string of the molecule is COC(=O)N[C@H](C(=O)Nc1cncc(F)c1CC[C@H]1CN[C@@H]2CCCS(=O)(=O)N1C2)[C@@H](c1ccc(Cl)cc1)C1CCOCC1. The Labute approximate surface area is 262 Å². The van der Waals surface area contributed by atoms with E-state index in [4.69, 9.17) is 21.1 Å². The first-order valence-electron chi connectivity index (χ1n) is 15.0. The van der Waals surface area contributed by atoms with E-state index in [-0.39, 0.29) is 41.4 Å². The molecule has 3 N–H and O–H groups in total. The summed E-state index contributed by atoms with van der Waals surface area (Å²) < 4.78 is 53.1. The molecule has 2 bridgehead atoms. The molecule has 2 aromatic rings. The van der Waals surface area contributed by atoms with Gasteiger partial charge in [-0.15, -0.1) is 0 Å². The summed E-state index contributed by atoms with van der Waals surface area (Å²) in [7, 11) is -2.19. The number of pyridine rings is 1. The zero-order chi connectivity index (χ0) is 31.3. The Morgan fingerprint density at radius 1 is 1.20 bits per heavy atom. The summed E-state index contributed by atoms with van der Waals surface area (Å²) in [5, 5.41) is 9.50. The molecule has 3 aliphatic rings. The van der Waals surface area contributed by atoms with Gasteiger partial charge in [-0.2, -0.15) is 4.31 Å². The Morgan fingerprint density at radius 2 is 1.95 bits per heavy atom. The normalized spacial score (nSPS) is 24.8. The van der Waals surface area contributed by atoms with Crippen LogP contribution in [0.3, 0.4) is 0 Å². The lowest BCUT2D eigenvalue weighted by Crippen LogP contribution is -2.57. The molecule has 3 fully saturated rings. The number of carbonyl (C=O) groups excluding carboxylic acids is 2. The predicted octanol–water partition coefficient (Wildman–Crippen LogP) is 3.45. The van der Waals surface area contributed by atoms with Gasteiger partial charge in [0.1, 0.15) is 11.9 Å². The number of alkyl carbamates (subject to hydrolysis) is 1. The van der Waals surface area contributed by atoms with Gasteiger partial charge in [-0.05, 0) is 62.1 Å². The monoisotopic (exact) mass is 651 g/mol. The van der Waals surface area contributed by atoms with Crippen LogP contribution in [-0.4, -0.2) is 87.0 Å². The maximum absolute atomic E-state index is 15.3. The molecule has 0 radical (unpaired) electrons. The molecular formula is C30H39ClFN5O6S. The molecule has 0 saturated carbocycles. The van der Waals surface area contributed by atoms with Gasteiger partial charge in [0.25, 0.3) is 0 Å². The summed E-state index contributed by atoms with van der Waals surface area (Å²) in [6.45, 7) is 1.90. The summed E-state index contributed by atoms with van der Waals surface area (Å²) in [6, 6.07) is 5.81. The average Bonchev–Trinajstić information content (AvgIpc) is 3.13. The van der Waals surface area contributed by atoms with Crippen molar-refractivity contribution in [3.05, 3.63) is 58.6 Å². The van der Waals surface area contributed by atoms with Gasteiger partial charge in [-0.25, -0.2) is 17.6 Å². The van der Waals surface area contributed by atoms with Crippen molar-refractivity contribution in [2.75, 3.05) is 44.5 Å². The second-order valence-corrected chi connectivity index (χ2v) is 14.1. The molecule has 0 aliphatic carbocycles. The number of halogens is 2. The highest BCUT2D eigenvalue weighted by Gasteiger charge is 2.39. The molecule has 2 amide bonds. The number of sulfonamides is 1. The number of hydrogen-bond donors (Lipinski definition) is 3. The summed E-state index contributed by atoms with van der Waals surface area (Å²) >= 11 is 6.16. The van der Waals surface area contributed by atoms with E-state index in [1.807, 2.05) is 12.1 Å². The van der Waals surface area contributed by atoms with E-state index in [0.29, 0.717) is 57.0 Å². The molecule has 1 unspecified atom stereocenters. The van der Waals surface area contributed by atoms with Crippen molar-refractivity contribution in [1.29, 1.82) is 0 Å². The van der Waals surface area contributed by atoms with Gasteiger partial charge in [0, 0.05) is 54.9 Å². The number of methoxy groups -OCH3 is 1. The van der Waals surface area contributed by atoms with E-state index in [1.165, 1.54) is 13.3 Å². The second kappa shape index (κ2) is 14.5. The lowest BCUT2D eigenvalue weighted by Gasteiger charge is -2.37. The lowest BCUT2D eigenvalue weighted by atomic mass is 9.76. The van der Waals surface area contributed by atoms with Gasteiger partial charge in [-0.3, -0.25) is 9.78 Å². The Kier molecular flexibility index (Phi) is 10.7. The highest BCUT2D eigenvalue weighted by molar-refractivity contribution is 7.89. The molecule has 0 spiro atoms. The average molecular weight is 652 g/mol. The number of rotatable bonds is 9. The third kappa shape index (κ3) is 7.68. The fourth-order valence-electron chi connectivity index (χ4n) is 6.59. The third-order valence-electron chi connectivity index (χ3n) is 8.88. The fourth-order valence-corrected chi connectivity index (χ4v) is 8.52. The van der Waals surface area contributed by atoms with E-state index < -0.39 is 39.8 Å². The van der Waals surface area contributed by atoms with Crippen LogP contribution in [0.5, 0.6) is 0 Å². The van der Waals surface area contributed by atoms with Gasteiger partial charge in [-0.1, -0.05) is 23.7 Å². The van der Waals surface area contributed by atoms with E-state index in [9.17, 15) is 18.0 Å². The number of amides is 2. The molecule has 14 heteroatoms. The van der Waals surface area contributed by atoms with Gasteiger partial charge < -0.3 is 25.4 Å². The molecule has 11 nitrogen and oxygen atoms in total. The van der Waals surface area contributed by atoms with Crippen LogP contribution in [0.15, 0.2) is 36.7 Å². The molecular weight excluding hydrogens is 613 g/mol. The molecule has 4 heterocycles. The van der Waals surface area contributed by atoms with Gasteiger partial charge in [0.2, 0.25) is 15.9 Å².